The number of thiazole rings is 1. The highest BCUT2D eigenvalue weighted by Crippen LogP contribution is 2.26. The molecule has 2 heterocycles. The van der Waals surface area contributed by atoms with Crippen molar-refractivity contribution in [1.29, 1.82) is 0 Å². The van der Waals surface area contributed by atoms with Crippen molar-refractivity contribution >= 4 is 42.1 Å². The van der Waals surface area contributed by atoms with Crippen molar-refractivity contribution in [3.63, 3.8) is 0 Å². The minimum atomic E-state index is 0. The Bertz CT molecular complexity index is 694. The first-order valence-electron chi connectivity index (χ1n) is 8.35. The highest BCUT2D eigenvalue weighted by Gasteiger charge is 2.23. The van der Waals surface area contributed by atoms with Crippen LogP contribution >= 0.6 is 36.2 Å². The van der Waals surface area contributed by atoms with Gasteiger partial charge in [-0.2, -0.15) is 0 Å². The Morgan fingerprint density at radius 3 is 2.73 bits per heavy atom. The summed E-state index contributed by atoms with van der Waals surface area (Å²) >= 11 is 1.58. The van der Waals surface area contributed by atoms with Gasteiger partial charge in [0, 0.05) is 36.6 Å². The number of hydrogen-bond acceptors (Lipinski definition) is 5. The Morgan fingerprint density at radius 2 is 2.08 bits per heavy atom. The van der Waals surface area contributed by atoms with E-state index in [0.717, 1.165) is 41.6 Å². The lowest BCUT2D eigenvalue weighted by Gasteiger charge is -2.33. The van der Waals surface area contributed by atoms with Gasteiger partial charge in [-0.3, -0.25) is 4.79 Å². The number of aromatic nitrogens is 1. The fraction of sp³-hybridized carbons (Fsp3) is 0.444. The van der Waals surface area contributed by atoms with E-state index in [9.17, 15) is 4.79 Å². The van der Waals surface area contributed by atoms with Crippen molar-refractivity contribution < 1.29 is 9.53 Å². The lowest BCUT2D eigenvalue weighted by Crippen LogP contribution is -2.52. The molecule has 8 heteroatoms. The van der Waals surface area contributed by atoms with Crippen LogP contribution in [-0.2, 0) is 11.2 Å². The van der Waals surface area contributed by atoms with E-state index in [0.29, 0.717) is 13.0 Å². The quantitative estimate of drug-likeness (QED) is 0.809. The van der Waals surface area contributed by atoms with Gasteiger partial charge in [-0.1, -0.05) is 0 Å². The molecule has 5 nitrogen and oxygen atoms in total. The molecule has 1 atom stereocenters. The zero-order valence-corrected chi connectivity index (χ0v) is 17.4. The van der Waals surface area contributed by atoms with Crippen LogP contribution in [0.5, 0.6) is 5.75 Å². The van der Waals surface area contributed by atoms with Gasteiger partial charge in [0.2, 0.25) is 5.91 Å². The molecule has 1 N–H and O–H groups in total. The van der Waals surface area contributed by atoms with Gasteiger partial charge in [0.15, 0.2) is 0 Å². The number of hydrogen-bond donors (Lipinski definition) is 1. The maximum absolute atomic E-state index is 12.5. The molecule has 3 rings (SSSR count). The maximum atomic E-state index is 12.5. The van der Waals surface area contributed by atoms with E-state index in [-0.39, 0.29) is 36.8 Å². The monoisotopic (exact) mass is 417 g/mol. The van der Waals surface area contributed by atoms with Crippen molar-refractivity contribution in [2.24, 2.45) is 0 Å². The van der Waals surface area contributed by atoms with Crippen molar-refractivity contribution in [2.75, 3.05) is 26.2 Å². The molecule has 1 aromatic heterocycles. The fourth-order valence-corrected chi connectivity index (χ4v) is 3.68. The number of nitrogens with zero attached hydrogens (tertiary/aromatic N) is 2. The summed E-state index contributed by atoms with van der Waals surface area (Å²) in [5.41, 5.74) is 1.90. The smallest absolute Gasteiger partial charge is 0.228 e. The second-order valence-corrected chi connectivity index (χ2v) is 6.78. The first-order chi connectivity index (χ1) is 11.7. The van der Waals surface area contributed by atoms with Gasteiger partial charge in [0.05, 0.1) is 18.7 Å². The molecule has 0 spiro atoms. The van der Waals surface area contributed by atoms with Crippen molar-refractivity contribution in [2.45, 2.75) is 26.3 Å². The number of benzene rings is 1. The minimum Gasteiger partial charge on any atom is -0.494 e. The number of carbonyl (C=O) groups is 1. The van der Waals surface area contributed by atoms with Crippen LogP contribution in [0.25, 0.3) is 10.6 Å². The third-order valence-electron chi connectivity index (χ3n) is 4.12. The van der Waals surface area contributed by atoms with Crippen LogP contribution in [0.1, 0.15) is 19.5 Å². The Hall–Kier alpha value is -1.34. The van der Waals surface area contributed by atoms with Gasteiger partial charge in [-0.05, 0) is 38.1 Å². The SMILES string of the molecule is CCOc1ccc(-c2nc(CC(=O)N3CCNC[C@H]3C)cs2)cc1.Cl.Cl. The van der Waals surface area contributed by atoms with Crippen molar-refractivity contribution in [3.05, 3.63) is 35.3 Å². The van der Waals surface area contributed by atoms with Gasteiger partial charge in [-0.15, -0.1) is 36.2 Å². The lowest BCUT2D eigenvalue weighted by atomic mass is 10.2. The van der Waals surface area contributed by atoms with Gasteiger partial charge < -0.3 is 15.0 Å². The average Bonchev–Trinajstić information content (AvgIpc) is 3.04. The van der Waals surface area contributed by atoms with E-state index in [1.165, 1.54) is 0 Å². The molecule has 1 aliphatic heterocycles. The molecule has 1 saturated heterocycles. The highest BCUT2D eigenvalue weighted by molar-refractivity contribution is 7.13. The van der Waals surface area contributed by atoms with E-state index in [2.05, 4.69) is 17.2 Å². The van der Waals surface area contributed by atoms with Crippen LogP contribution in [0.15, 0.2) is 29.6 Å². The van der Waals surface area contributed by atoms with Crippen LogP contribution in [0.2, 0.25) is 0 Å². The molecule has 0 radical (unpaired) electrons. The lowest BCUT2D eigenvalue weighted by molar-refractivity contribution is -0.133. The van der Waals surface area contributed by atoms with Crippen molar-refractivity contribution in [3.8, 4) is 16.3 Å². The van der Waals surface area contributed by atoms with Gasteiger partial charge in [-0.25, -0.2) is 4.98 Å². The summed E-state index contributed by atoms with van der Waals surface area (Å²) in [7, 11) is 0. The van der Waals surface area contributed by atoms with Gasteiger partial charge >= 0.3 is 0 Å². The van der Waals surface area contributed by atoms with Crippen LogP contribution in [0.3, 0.4) is 0 Å². The molecular weight excluding hydrogens is 393 g/mol. The van der Waals surface area contributed by atoms with Crippen LogP contribution < -0.4 is 10.1 Å². The third kappa shape index (κ3) is 5.58. The summed E-state index contributed by atoms with van der Waals surface area (Å²) in [5.74, 6) is 1.02. The van der Waals surface area contributed by atoms with E-state index in [1.807, 2.05) is 41.5 Å². The molecule has 0 aliphatic carbocycles. The molecule has 0 saturated carbocycles. The molecule has 1 fully saturated rings. The summed E-state index contributed by atoms with van der Waals surface area (Å²) < 4.78 is 5.46. The average molecular weight is 418 g/mol. The Balaban J connectivity index is 0.00000169. The summed E-state index contributed by atoms with van der Waals surface area (Å²) in [4.78, 5) is 19.1. The Kier molecular flexibility index (Phi) is 9.36. The number of rotatable bonds is 5. The molecule has 2 aromatic rings. The molecule has 1 amide bonds. The van der Waals surface area contributed by atoms with Crippen molar-refractivity contribution in [1.82, 2.24) is 15.2 Å². The first kappa shape index (κ1) is 22.7. The van der Waals surface area contributed by atoms with E-state index >= 15 is 0 Å². The number of amides is 1. The fourth-order valence-electron chi connectivity index (χ4n) is 2.85. The number of piperazine rings is 1. The van der Waals surface area contributed by atoms with Crippen LogP contribution in [-0.4, -0.2) is 48.1 Å². The molecule has 144 valence electrons. The topological polar surface area (TPSA) is 54.5 Å². The first-order valence-corrected chi connectivity index (χ1v) is 9.23. The highest BCUT2D eigenvalue weighted by atomic mass is 35.5. The number of carbonyl (C=O) groups excluding carboxylic acids is 1. The molecular formula is C18H25Cl2N3O2S. The van der Waals surface area contributed by atoms with E-state index < -0.39 is 0 Å². The molecule has 0 unspecified atom stereocenters. The molecule has 0 bridgehead atoms. The summed E-state index contributed by atoms with van der Waals surface area (Å²) in [6.45, 7) is 7.21. The Morgan fingerprint density at radius 1 is 1.35 bits per heavy atom. The number of nitrogens with one attached hydrogen (secondary N) is 1. The van der Waals surface area contributed by atoms with E-state index in [1.54, 1.807) is 11.3 Å². The summed E-state index contributed by atoms with van der Waals surface area (Å²) in [6, 6.07) is 8.17. The zero-order valence-electron chi connectivity index (χ0n) is 14.9. The predicted octanol–water partition coefficient (Wildman–Crippen LogP) is 3.42. The Labute approximate surface area is 171 Å². The summed E-state index contributed by atoms with van der Waals surface area (Å²) in [5, 5.41) is 6.23. The zero-order chi connectivity index (χ0) is 16.9. The minimum absolute atomic E-state index is 0. The third-order valence-corrected chi connectivity index (χ3v) is 5.06. The summed E-state index contributed by atoms with van der Waals surface area (Å²) in [6.07, 6.45) is 0.373. The second kappa shape index (κ2) is 10.7. The van der Waals surface area contributed by atoms with Gasteiger partial charge in [0.25, 0.3) is 0 Å². The number of halogens is 2. The largest absolute Gasteiger partial charge is 0.494 e. The molecule has 1 aliphatic rings. The van der Waals surface area contributed by atoms with E-state index in [4.69, 9.17) is 4.74 Å². The maximum Gasteiger partial charge on any atom is 0.228 e. The van der Waals surface area contributed by atoms with Crippen LogP contribution in [0, 0.1) is 0 Å². The second-order valence-electron chi connectivity index (χ2n) is 5.92. The number of ether oxygens (including phenoxy) is 1. The predicted molar refractivity (Wildman–Crippen MR) is 111 cm³/mol. The standard InChI is InChI=1S/C18H23N3O2S.2ClH/c1-3-23-16-6-4-14(5-7-16)18-20-15(12-24-18)10-17(22)21-9-8-19-11-13(21)2;;/h4-7,12-13,19H,3,8-11H2,1-2H3;2*1H/t13-;;/m1../s1. The normalized spacial score (nSPS) is 16.4. The molecule has 26 heavy (non-hydrogen) atoms. The van der Waals surface area contributed by atoms with Crippen LogP contribution in [0.4, 0.5) is 0 Å². The molecule has 1 aromatic carbocycles. The van der Waals surface area contributed by atoms with Gasteiger partial charge in [0.1, 0.15) is 10.8 Å².